The second-order valence-electron chi connectivity index (χ2n) is 6.30. The predicted molar refractivity (Wildman–Crippen MR) is 101 cm³/mol. The van der Waals surface area contributed by atoms with Gasteiger partial charge in [0.15, 0.2) is 5.78 Å². The maximum Gasteiger partial charge on any atom is 0.191 e. The number of hydrogen-bond acceptors (Lipinski definition) is 2. The van der Waals surface area contributed by atoms with Crippen molar-refractivity contribution in [1.29, 1.82) is 0 Å². The zero-order chi connectivity index (χ0) is 17.6. The largest absolute Gasteiger partial charge is 0.327 e. The summed E-state index contributed by atoms with van der Waals surface area (Å²) in [4.78, 5) is 12.9. The molecule has 0 saturated heterocycles. The van der Waals surface area contributed by atoms with Gasteiger partial charge in [0.1, 0.15) is 5.65 Å². The molecule has 0 aliphatic heterocycles. The monoisotopic (exact) mass is 329 g/mol. The topological polar surface area (TPSA) is 39.3 Å². The third-order valence-corrected chi connectivity index (χ3v) is 4.67. The summed E-state index contributed by atoms with van der Waals surface area (Å²) in [6.45, 7) is 3.92. The van der Waals surface area contributed by atoms with Crippen LogP contribution in [-0.2, 0) is 7.05 Å². The highest BCUT2D eigenvalue weighted by Crippen LogP contribution is 2.25. The Bertz CT molecular complexity index is 1140. The maximum atomic E-state index is 12.9. The minimum Gasteiger partial charge on any atom is -0.327 e. The second kappa shape index (κ2) is 5.74. The van der Waals surface area contributed by atoms with Crippen LogP contribution in [0.4, 0.5) is 0 Å². The number of aromatic nitrogens is 3. The van der Waals surface area contributed by atoms with Crippen molar-refractivity contribution in [2.75, 3.05) is 0 Å². The number of imidazole rings is 1. The third-order valence-electron chi connectivity index (χ3n) is 4.67. The molecule has 0 N–H and O–H groups in total. The Morgan fingerprint density at radius 3 is 2.44 bits per heavy atom. The Morgan fingerprint density at radius 1 is 1.00 bits per heavy atom. The highest BCUT2D eigenvalue weighted by molar-refractivity contribution is 6.12. The first-order valence-electron chi connectivity index (χ1n) is 8.28. The predicted octanol–water partition coefficient (Wildman–Crippen LogP) is 4.34. The number of benzene rings is 2. The standard InChI is InChI=1S/C21H19N3O/c1-14-8-4-5-9-16(14)12-13-19(25)20-15(2)22-24-18-11-7-6-10-17(18)23(3)21(20)24/h4-13H,1-3H3/b13-12+. The molecule has 4 nitrogen and oxygen atoms in total. The normalized spacial score (nSPS) is 11.8. The number of hydrogen-bond donors (Lipinski definition) is 0. The number of rotatable bonds is 3. The summed E-state index contributed by atoms with van der Waals surface area (Å²) in [6, 6.07) is 16.1. The molecule has 0 bridgehead atoms. The Kier molecular flexibility index (Phi) is 3.53. The second-order valence-corrected chi connectivity index (χ2v) is 6.30. The first-order chi connectivity index (χ1) is 12.1. The number of aryl methyl sites for hydroxylation is 3. The summed E-state index contributed by atoms with van der Waals surface area (Å²) in [6.07, 6.45) is 3.52. The van der Waals surface area contributed by atoms with Crippen LogP contribution in [0, 0.1) is 13.8 Å². The van der Waals surface area contributed by atoms with E-state index in [1.54, 1.807) is 6.08 Å². The number of ketones is 1. The van der Waals surface area contributed by atoms with Crippen LogP contribution < -0.4 is 0 Å². The molecule has 4 aromatic rings. The lowest BCUT2D eigenvalue weighted by Gasteiger charge is -2.00. The molecule has 2 aromatic heterocycles. The van der Waals surface area contributed by atoms with E-state index in [1.807, 2.05) is 84.6 Å². The molecule has 0 radical (unpaired) electrons. The summed E-state index contributed by atoms with van der Waals surface area (Å²) >= 11 is 0. The summed E-state index contributed by atoms with van der Waals surface area (Å²) in [5.41, 5.74) is 6.49. The Hall–Kier alpha value is -3.14. The van der Waals surface area contributed by atoms with Crippen LogP contribution in [0.3, 0.4) is 0 Å². The van der Waals surface area contributed by atoms with E-state index >= 15 is 0 Å². The molecule has 0 spiro atoms. The molecular formula is C21H19N3O. The van der Waals surface area contributed by atoms with E-state index in [-0.39, 0.29) is 5.78 Å². The molecule has 124 valence electrons. The molecule has 0 unspecified atom stereocenters. The molecule has 2 aromatic carbocycles. The zero-order valence-corrected chi connectivity index (χ0v) is 14.5. The minimum atomic E-state index is -0.0262. The van der Waals surface area contributed by atoms with Gasteiger partial charge in [-0.05, 0) is 43.2 Å². The lowest BCUT2D eigenvalue weighted by atomic mass is 10.1. The van der Waals surface area contributed by atoms with Gasteiger partial charge in [-0.15, -0.1) is 0 Å². The van der Waals surface area contributed by atoms with Crippen LogP contribution >= 0.6 is 0 Å². The van der Waals surface area contributed by atoms with Crippen molar-refractivity contribution in [2.24, 2.45) is 7.05 Å². The average Bonchev–Trinajstić information content (AvgIpc) is 3.09. The molecule has 0 saturated carbocycles. The van der Waals surface area contributed by atoms with Crippen molar-refractivity contribution < 1.29 is 4.79 Å². The Morgan fingerprint density at radius 2 is 1.68 bits per heavy atom. The molecule has 2 heterocycles. The van der Waals surface area contributed by atoms with Gasteiger partial charge < -0.3 is 4.57 Å². The molecule has 4 rings (SSSR count). The van der Waals surface area contributed by atoms with E-state index in [4.69, 9.17) is 0 Å². The van der Waals surface area contributed by atoms with Gasteiger partial charge in [0.25, 0.3) is 0 Å². The summed E-state index contributed by atoms with van der Waals surface area (Å²) in [7, 11) is 1.97. The van der Waals surface area contributed by atoms with Crippen molar-refractivity contribution >= 4 is 28.5 Å². The van der Waals surface area contributed by atoms with Crippen LogP contribution in [0.5, 0.6) is 0 Å². The van der Waals surface area contributed by atoms with Gasteiger partial charge in [-0.25, -0.2) is 4.52 Å². The van der Waals surface area contributed by atoms with Gasteiger partial charge in [0, 0.05) is 7.05 Å². The fourth-order valence-electron chi connectivity index (χ4n) is 3.34. The third kappa shape index (κ3) is 2.38. The van der Waals surface area contributed by atoms with E-state index in [1.165, 1.54) is 0 Å². The van der Waals surface area contributed by atoms with E-state index < -0.39 is 0 Å². The van der Waals surface area contributed by atoms with E-state index in [9.17, 15) is 4.79 Å². The molecule has 0 aliphatic rings. The van der Waals surface area contributed by atoms with Gasteiger partial charge in [-0.3, -0.25) is 4.79 Å². The molecule has 4 heteroatoms. The number of nitrogens with zero attached hydrogens (tertiary/aromatic N) is 3. The Balaban J connectivity index is 1.85. The van der Waals surface area contributed by atoms with Crippen molar-refractivity contribution in [3.63, 3.8) is 0 Å². The minimum absolute atomic E-state index is 0.0262. The van der Waals surface area contributed by atoms with Gasteiger partial charge in [0.2, 0.25) is 0 Å². The number of allylic oxidation sites excluding steroid dienone is 1. The summed E-state index contributed by atoms with van der Waals surface area (Å²) in [5.74, 6) is -0.0262. The SMILES string of the molecule is Cc1ccccc1/C=C/C(=O)c1c(C)nn2c3ccccc3n(C)c12. The van der Waals surface area contributed by atoms with Crippen molar-refractivity contribution in [3.05, 3.63) is 77.0 Å². The molecular weight excluding hydrogens is 310 g/mol. The lowest BCUT2D eigenvalue weighted by molar-refractivity contribution is 0.104. The van der Waals surface area contributed by atoms with Crippen molar-refractivity contribution in [1.82, 2.24) is 14.2 Å². The van der Waals surface area contributed by atoms with Gasteiger partial charge in [-0.2, -0.15) is 5.10 Å². The van der Waals surface area contributed by atoms with Gasteiger partial charge >= 0.3 is 0 Å². The van der Waals surface area contributed by atoms with Crippen LogP contribution in [0.25, 0.3) is 22.8 Å². The number of carbonyl (C=O) groups is 1. The molecule has 0 amide bonds. The van der Waals surface area contributed by atoms with Crippen LogP contribution in [-0.4, -0.2) is 20.0 Å². The fourth-order valence-corrected chi connectivity index (χ4v) is 3.34. The molecule has 25 heavy (non-hydrogen) atoms. The summed E-state index contributed by atoms with van der Waals surface area (Å²) in [5, 5.41) is 4.60. The highest BCUT2D eigenvalue weighted by atomic mass is 16.1. The highest BCUT2D eigenvalue weighted by Gasteiger charge is 2.20. The van der Waals surface area contributed by atoms with Gasteiger partial charge in [0.05, 0.1) is 22.3 Å². The van der Waals surface area contributed by atoms with Crippen molar-refractivity contribution in [3.8, 4) is 0 Å². The number of para-hydroxylation sites is 2. The molecule has 0 atom stereocenters. The van der Waals surface area contributed by atoms with Crippen LogP contribution in [0.1, 0.15) is 27.2 Å². The fraction of sp³-hybridized carbons (Fsp3) is 0.143. The van der Waals surface area contributed by atoms with E-state index in [0.29, 0.717) is 5.56 Å². The van der Waals surface area contributed by atoms with Gasteiger partial charge in [-0.1, -0.05) is 42.5 Å². The van der Waals surface area contributed by atoms with Crippen LogP contribution in [0.15, 0.2) is 54.6 Å². The maximum absolute atomic E-state index is 12.9. The molecule has 0 aliphatic carbocycles. The Labute approximate surface area is 146 Å². The number of carbonyl (C=O) groups excluding carboxylic acids is 1. The quantitative estimate of drug-likeness (QED) is 0.414. The van der Waals surface area contributed by atoms with Crippen molar-refractivity contribution in [2.45, 2.75) is 13.8 Å². The molecule has 0 fully saturated rings. The summed E-state index contributed by atoms with van der Waals surface area (Å²) < 4.78 is 3.89. The number of fused-ring (bicyclic) bond motifs is 3. The average molecular weight is 329 g/mol. The first-order valence-corrected chi connectivity index (χ1v) is 8.28. The first kappa shape index (κ1) is 15.4. The smallest absolute Gasteiger partial charge is 0.191 e. The van der Waals surface area contributed by atoms with Crippen LogP contribution in [0.2, 0.25) is 0 Å². The van der Waals surface area contributed by atoms with E-state index in [0.717, 1.165) is 33.5 Å². The zero-order valence-electron chi connectivity index (χ0n) is 14.5. The lowest BCUT2D eigenvalue weighted by Crippen LogP contribution is -2.00. The van der Waals surface area contributed by atoms with E-state index in [2.05, 4.69) is 5.10 Å².